The first kappa shape index (κ1) is 16.1. The standard InChI is InChI=1S/C15H7ClF3N3O2/c16-9-7-11-12(21-8-9)22-13(23)24-14(11,15(17,18)19)5-4-10-3-1-2-6-20-10/h1-3,6-8H,(H,21,22,23). The Morgan fingerprint density at radius 1 is 1.29 bits per heavy atom. The van der Waals surface area contributed by atoms with Crippen LogP contribution in [0, 0.1) is 11.8 Å². The van der Waals surface area contributed by atoms with E-state index in [-0.39, 0.29) is 16.5 Å². The van der Waals surface area contributed by atoms with Crippen molar-refractivity contribution in [2.75, 3.05) is 5.32 Å². The number of carbonyl (C=O) groups excluding carboxylic acids is 1. The molecular formula is C15H7ClF3N3O2. The van der Waals surface area contributed by atoms with Gasteiger partial charge in [-0.25, -0.2) is 14.8 Å². The van der Waals surface area contributed by atoms with Crippen molar-refractivity contribution in [2.45, 2.75) is 11.8 Å². The summed E-state index contributed by atoms with van der Waals surface area (Å²) in [6.45, 7) is 0. The highest BCUT2D eigenvalue weighted by Crippen LogP contribution is 2.47. The summed E-state index contributed by atoms with van der Waals surface area (Å²) in [6, 6.07) is 5.59. The van der Waals surface area contributed by atoms with Crippen LogP contribution in [-0.4, -0.2) is 22.2 Å². The van der Waals surface area contributed by atoms with Crippen LogP contribution in [0.4, 0.5) is 23.8 Å². The van der Waals surface area contributed by atoms with E-state index in [9.17, 15) is 18.0 Å². The van der Waals surface area contributed by atoms with Crippen LogP contribution in [0.5, 0.6) is 0 Å². The third-order valence-electron chi connectivity index (χ3n) is 3.13. The fraction of sp³-hybridized carbons (Fsp3) is 0.133. The number of cyclic esters (lactones) is 1. The lowest BCUT2D eigenvalue weighted by atomic mass is 9.92. The molecule has 1 amide bonds. The van der Waals surface area contributed by atoms with Gasteiger partial charge in [0.25, 0.3) is 5.60 Å². The van der Waals surface area contributed by atoms with Gasteiger partial charge in [0, 0.05) is 12.4 Å². The number of fused-ring (bicyclic) bond motifs is 1. The van der Waals surface area contributed by atoms with Crippen LogP contribution in [0.1, 0.15) is 11.3 Å². The van der Waals surface area contributed by atoms with Crippen molar-refractivity contribution in [3.63, 3.8) is 0 Å². The second-order valence-corrected chi connectivity index (χ2v) is 5.14. The predicted octanol–water partition coefficient (Wildman–Crippen LogP) is 3.50. The second-order valence-electron chi connectivity index (χ2n) is 4.71. The Morgan fingerprint density at radius 3 is 2.75 bits per heavy atom. The lowest BCUT2D eigenvalue weighted by Gasteiger charge is -2.35. The molecule has 0 aliphatic carbocycles. The molecule has 0 spiro atoms. The van der Waals surface area contributed by atoms with E-state index >= 15 is 0 Å². The zero-order valence-corrected chi connectivity index (χ0v) is 12.4. The van der Waals surface area contributed by atoms with Crippen LogP contribution in [-0.2, 0) is 10.3 Å². The summed E-state index contributed by atoms with van der Waals surface area (Å²) in [7, 11) is 0. The molecule has 1 aliphatic heterocycles. The molecule has 122 valence electrons. The summed E-state index contributed by atoms with van der Waals surface area (Å²) in [5.74, 6) is 3.96. The van der Waals surface area contributed by atoms with Crippen molar-refractivity contribution < 1.29 is 22.7 Å². The zero-order chi connectivity index (χ0) is 17.4. The fourth-order valence-electron chi connectivity index (χ4n) is 2.09. The van der Waals surface area contributed by atoms with Gasteiger partial charge in [0.1, 0.15) is 11.5 Å². The van der Waals surface area contributed by atoms with Crippen LogP contribution in [0.25, 0.3) is 0 Å². The molecule has 0 saturated heterocycles. The van der Waals surface area contributed by atoms with Gasteiger partial charge in [0.15, 0.2) is 0 Å². The number of hydrogen-bond donors (Lipinski definition) is 1. The molecule has 24 heavy (non-hydrogen) atoms. The Bertz CT molecular complexity index is 862. The lowest BCUT2D eigenvalue weighted by Crippen LogP contribution is -2.49. The number of rotatable bonds is 0. The number of carbonyl (C=O) groups is 1. The summed E-state index contributed by atoms with van der Waals surface area (Å²) in [6.07, 6.45) is -3.84. The van der Waals surface area contributed by atoms with E-state index in [1.165, 1.54) is 12.3 Å². The number of amides is 1. The molecule has 1 atom stereocenters. The molecule has 2 aromatic heterocycles. The molecule has 0 fully saturated rings. The predicted molar refractivity (Wildman–Crippen MR) is 78.2 cm³/mol. The Kier molecular flexibility index (Phi) is 3.81. The minimum atomic E-state index is -5.02. The zero-order valence-electron chi connectivity index (χ0n) is 11.7. The Hall–Kier alpha value is -2.79. The molecule has 1 aliphatic rings. The Morgan fingerprint density at radius 2 is 2.08 bits per heavy atom. The van der Waals surface area contributed by atoms with E-state index < -0.39 is 23.4 Å². The molecule has 2 aromatic rings. The number of alkyl halides is 3. The smallest absolute Gasteiger partial charge is 0.415 e. The molecular weight excluding hydrogens is 347 g/mol. The first-order valence-electron chi connectivity index (χ1n) is 6.49. The third kappa shape index (κ3) is 2.74. The highest BCUT2D eigenvalue weighted by atomic mass is 35.5. The van der Waals surface area contributed by atoms with Crippen LogP contribution < -0.4 is 5.32 Å². The van der Waals surface area contributed by atoms with Gasteiger partial charge in [-0.3, -0.25) is 5.32 Å². The number of ether oxygens (including phenoxy) is 1. The molecule has 1 N–H and O–H groups in total. The molecule has 3 rings (SSSR count). The Balaban J connectivity index is 2.23. The van der Waals surface area contributed by atoms with Crippen LogP contribution in [0.15, 0.2) is 36.7 Å². The number of pyridine rings is 2. The molecule has 0 aromatic carbocycles. The van der Waals surface area contributed by atoms with Gasteiger partial charge in [0.2, 0.25) is 0 Å². The van der Waals surface area contributed by atoms with Crippen molar-refractivity contribution in [1.29, 1.82) is 0 Å². The van der Waals surface area contributed by atoms with Crippen LogP contribution in [0.2, 0.25) is 5.02 Å². The van der Waals surface area contributed by atoms with E-state index in [1.807, 2.05) is 5.92 Å². The van der Waals surface area contributed by atoms with Gasteiger partial charge in [-0.2, -0.15) is 13.2 Å². The number of nitrogens with one attached hydrogen (secondary N) is 1. The average Bonchev–Trinajstić information content (AvgIpc) is 2.53. The van der Waals surface area contributed by atoms with E-state index in [2.05, 4.69) is 25.9 Å². The SMILES string of the molecule is O=C1Nc2ncc(Cl)cc2C(C#Cc2ccccn2)(C(F)(F)F)O1. The Labute approximate surface area is 138 Å². The third-order valence-corrected chi connectivity index (χ3v) is 3.34. The summed E-state index contributed by atoms with van der Waals surface area (Å²) < 4.78 is 45.9. The molecule has 9 heteroatoms. The van der Waals surface area contributed by atoms with E-state index in [0.717, 1.165) is 12.3 Å². The maximum atomic E-state index is 13.8. The monoisotopic (exact) mass is 353 g/mol. The minimum absolute atomic E-state index is 0.0539. The molecule has 1 unspecified atom stereocenters. The summed E-state index contributed by atoms with van der Waals surface area (Å²) in [5.41, 5.74) is -3.60. The molecule has 0 radical (unpaired) electrons. The highest BCUT2D eigenvalue weighted by molar-refractivity contribution is 6.30. The molecule has 5 nitrogen and oxygen atoms in total. The van der Waals surface area contributed by atoms with Crippen LogP contribution >= 0.6 is 11.6 Å². The largest absolute Gasteiger partial charge is 0.445 e. The van der Waals surface area contributed by atoms with Gasteiger partial charge in [0.05, 0.1) is 10.6 Å². The van der Waals surface area contributed by atoms with Gasteiger partial charge in [-0.1, -0.05) is 17.7 Å². The first-order chi connectivity index (χ1) is 11.3. The number of halogens is 4. The summed E-state index contributed by atoms with van der Waals surface area (Å²) >= 11 is 5.75. The molecule has 0 saturated carbocycles. The van der Waals surface area contributed by atoms with Gasteiger partial charge >= 0.3 is 12.3 Å². The van der Waals surface area contributed by atoms with E-state index in [4.69, 9.17) is 11.6 Å². The van der Waals surface area contributed by atoms with Crippen molar-refractivity contribution in [2.24, 2.45) is 0 Å². The van der Waals surface area contributed by atoms with E-state index in [1.54, 1.807) is 12.1 Å². The lowest BCUT2D eigenvalue weighted by molar-refractivity contribution is -0.239. The minimum Gasteiger partial charge on any atom is -0.415 e. The number of aromatic nitrogens is 2. The maximum absolute atomic E-state index is 13.8. The van der Waals surface area contributed by atoms with Crippen molar-refractivity contribution >= 4 is 23.5 Å². The van der Waals surface area contributed by atoms with Crippen molar-refractivity contribution in [3.05, 3.63) is 52.9 Å². The van der Waals surface area contributed by atoms with Gasteiger partial charge < -0.3 is 4.74 Å². The molecule has 0 bridgehead atoms. The maximum Gasteiger partial charge on any atom is 0.445 e. The molecule has 3 heterocycles. The quantitative estimate of drug-likeness (QED) is 0.736. The van der Waals surface area contributed by atoms with Crippen molar-refractivity contribution in [1.82, 2.24) is 9.97 Å². The van der Waals surface area contributed by atoms with Gasteiger partial charge in [-0.15, -0.1) is 0 Å². The second kappa shape index (κ2) is 5.69. The summed E-state index contributed by atoms with van der Waals surface area (Å²) in [4.78, 5) is 19.1. The van der Waals surface area contributed by atoms with Gasteiger partial charge in [-0.05, 0) is 30.0 Å². The number of nitrogens with zero attached hydrogens (tertiary/aromatic N) is 2. The van der Waals surface area contributed by atoms with Crippen LogP contribution in [0.3, 0.4) is 0 Å². The number of anilines is 1. The fourth-order valence-corrected chi connectivity index (χ4v) is 2.24. The first-order valence-corrected chi connectivity index (χ1v) is 6.86. The van der Waals surface area contributed by atoms with Crippen molar-refractivity contribution in [3.8, 4) is 11.8 Å². The average molecular weight is 354 g/mol. The topological polar surface area (TPSA) is 64.1 Å². The normalized spacial score (nSPS) is 19.4. The van der Waals surface area contributed by atoms with E-state index in [0.29, 0.717) is 0 Å². The summed E-state index contributed by atoms with van der Waals surface area (Å²) in [5, 5.41) is 2.04. The highest BCUT2D eigenvalue weighted by Gasteiger charge is 2.62. The number of hydrogen-bond acceptors (Lipinski definition) is 4.